The summed E-state index contributed by atoms with van der Waals surface area (Å²) in [5.41, 5.74) is 0.325. The Morgan fingerprint density at radius 1 is 1.22 bits per heavy atom. The Bertz CT molecular complexity index is 835. The number of rotatable bonds is 11. The number of hydrogen-bond donors (Lipinski definition) is 2. The zero-order valence-electron chi connectivity index (χ0n) is 18.8. The summed E-state index contributed by atoms with van der Waals surface area (Å²) in [5.74, 6) is 1.58. The molecule has 1 aromatic heterocycles. The van der Waals surface area contributed by atoms with E-state index < -0.39 is 6.10 Å². The first-order valence-electron chi connectivity index (χ1n) is 11.1. The second kappa shape index (κ2) is 12.2. The van der Waals surface area contributed by atoms with Gasteiger partial charge in [0.1, 0.15) is 24.7 Å². The van der Waals surface area contributed by atoms with Crippen molar-refractivity contribution in [3.05, 3.63) is 47.1 Å². The molecule has 176 valence electrons. The smallest absolute Gasteiger partial charge is 0.273 e. The summed E-state index contributed by atoms with van der Waals surface area (Å²) in [6.45, 7) is 9.58. The number of carbonyl (C=O) groups is 1. The van der Waals surface area contributed by atoms with E-state index in [0.717, 1.165) is 32.6 Å². The molecule has 0 spiro atoms. The fourth-order valence-corrected chi connectivity index (χ4v) is 3.57. The van der Waals surface area contributed by atoms with Crippen molar-refractivity contribution >= 4 is 17.5 Å². The molecule has 2 aromatic rings. The molecule has 1 saturated heterocycles. The van der Waals surface area contributed by atoms with Gasteiger partial charge < -0.3 is 19.6 Å². The van der Waals surface area contributed by atoms with Gasteiger partial charge >= 0.3 is 0 Å². The van der Waals surface area contributed by atoms with Crippen molar-refractivity contribution in [3.63, 3.8) is 0 Å². The molecular formula is C23H33ClN4O4. The largest absolute Gasteiger partial charge is 0.491 e. The van der Waals surface area contributed by atoms with Gasteiger partial charge in [-0.25, -0.2) is 4.98 Å². The highest BCUT2D eigenvalue weighted by atomic mass is 35.5. The topological polar surface area (TPSA) is 91.1 Å². The molecule has 0 radical (unpaired) electrons. The summed E-state index contributed by atoms with van der Waals surface area (Å²) >= 11 is 5.87. The quantitative estimate of drug-likeness (QED) is 0.528. The number of benzene rings is 1. The van der Waals surface area contributed by atoms with E-state index in [1.807, 2.05) is 0 Å². The Hall–Kier alpha value is -2.13. The number of nitrogens with one attached hydrogen (secondary N) is 1. The maximum absolute atomic E-state index is 12.1. The molecule has 9 heteroatoms. The van der Waals surface area contributed by atoms with Crippen molar-refractivity contribution in [1.29, 1.82) is 0 Å². The zero-order chi connectivity index (χ0) is 22.9. The van der Waals surface area contributed by atoms with Gasteiger partial charge in [0, 0.05) is 44.3 Å². The lowest BCUT2D eigenvalue weighted by atomic mass is 10.1. The SMILES string of the molecule is CC(C)CCNC(=O)c1coc(CN2CCN(CC(O)COc3ccc(Cl)cc3)CC2)n1. The number of nitrogens with zero attached hydrogens (tertiary/aromatic N) is 3. The van der Waals surface area contributed by atoms with E-state index in [-0.39, 0.29) is 12.5 Å². The summed E-state index contributed by atoms with van der Waals surface area (Å²) in [7, 11) is 0. The standard InChI is InChI=1S/C23H33ClN4O4/c1-17(2)7-8-25-23(30)21-16-32-22(26-21)14-28-11-9-27(10-12-28)13-19(29)15-31-20-5-3-18(24)4-6-20/h3-6,16-17,19,29H,7-15H2,1-2H3,(H,25,30). The van der Waals surface area contributed by atoms with Crippen LogP contribution in [0.3, 0.4) is 0 Å². The average Bonchev–Trinajstić information content (AvgIpc) is 3.23. The van der Waals surface area contributed by atoms with Gasteiger partial charge in [0.05, 0.1) is 6.54 Å². The summed E-state index contributed by atoms with van der Waals surface area (Å²) in [6, 6.07) is 7.10. The van der Waals surface area contributed by atoms with E-state index in [2.05, 4.69) is 33.9 Å². The van der Waals surface area contributed by atoms with Gasteiger partial charge in [-0.1, -0.05) is 25.4 Å². The van der Waals surface area contributed by atoms with Crippen LogP contribution in [-0.4, -0.2) is 77.8 Å². The molecule has 1 fully saturated rings. The third-order valence-corrected chi connectivity index (χ3v) is 5.59. The lowest BCUT2D eigenvalue weighted by Gasteiger charge is -2.34. The molecule has 1 aromatic carbocycles. The fraction of sp³-hybridized carbons (Fsp3) is 0.565. The lowest BCUT2D eigenvalue weighted by Crippen LogP contribution is -2.48. The van der Waals surface area contributed by atoms with Gasteiger partial charge in [-0.05, 0) is 36.6 Å². The molecule has 1 amide bonds. The van der Waals surface area contributed by atoms with Crippen LogP contribution >= 0.6 is 11.6 Å². The molecule has 3 rings (SSSR count). The Kier molecular flexibility index (Phi) is 9.35. The van der Waals surface area contributed by atoms with Crippen LogP contribution < -0.4 is 10.1 Å². The highest BCUT2D eigenvalue weighted by molar-refractivity contribution is 6.30. The van der Waals surface area contributed by atoms with E-state index in [4.69, 9.17) is 20.8 Å². The molecule has 1 aliphatic heterocycles. The molecule has 1 unspecified atom stereocenters. The second-order valence-corrected chi connectivity index (χ2v) is 9.00. The van der Waals surface area contributed by atoms with Crippen LogP contribution in [0.1, 0.15) is 36.6 Å². The van der Waals surface area contributed by atoms with E-state index in [1.54, 1.807) is 24.3 Å². The van der Waals surface area contributed by atoms with Crippen LogP contribution in [-0.2, 0) is 6.54 Å². The normalized spacial score (nSPS) is 16.3. The van der Waals surface area contributed by atoms with Gasteiger partial charge in [0.25, 0.3) is 5.91 Å². The molecule has 8 nitrogen and oxygen atoms in total. The van der Waals surface area contributed by atoms with Crippen molar-refractivity contribution in [1.82, 2.24) is 20.1 Å². The molecule has 2 N–H and O–H groups in total. The summed E-state index contributed by atoms with van der Waals surface area (Å²) in [4.78, 5) is 20.9. The number of halogens is 1. The van der Waals surface area contributed by atoms with Gasteiger partial charge in [-0.3, -0.25) is 14.6 Å². The molecular weight excluding hydrogens is 432 g/mol. The fourth-order valence-electron chi connectivity index (χ4n) is 3.45. The number of hydrogen-bond acceptors (Lipinski definition) is 7. The number of oxazole rings is 1. The van der Waals surface area contributed by atoms with Crippen LogP contribution in [0, 0.1) is 5.92 Å². The lowest BCUT2D eigenvalue weighted by molar-refractivity contribution is 0.0430. The molecule has 32 heavy (non-hydrogen) atoms. The number of piperazine rings is 1. The number of aliphatic hydroxyl groups excluding tert-OH is 1. The van der Waals surface area contributed by atoms with Crippen LogP contribution in [0.4, 0.5) is 0 Å². The summed E-state index contributed by atoms with van der Waals surface area (Å²) in [5, 5.41) is 13.8. The molecule has 0 saturated carbocycles. The van der Waals surface area contributed by atoms with E-state index in [0.29, 0.717) is 47.9 Å². The monoisotopic (exact) mass is 464 g/mol. The minimum atomic E-state index is -0.569. The molecule has 1 aliphatic rings. The predicted octanol–water partition coefficient (Wildman–Crippen LogP) is 2.66. The summed E-state index contributed by atoms with van der Waals surface area (Å²) < 4.78 is 11.1. The first-order valence-corrected chi connectivity index (χ1v) is 11.5. The van der Waals surface area contributed by atoms with E-state index in [1.165, 1.54) is 6.26 Å². The predicted molar refractivity (Wildman–Crippen MR) is 123 cm³/mol. The van der Waals surface area contributed by atoms with Crippen molar-refractivity contribution in [3.8, 4) is 5.75 Å². The van der Waals surface area contributed by atoms with E-state index >= 15 is 0 Å². The Morgan fingerprint density at radius 2 is 1.91 bits per heavy atom. The van der Waals surface area contributed by atoms with Gasteiger partial charge in [0.15, 0.2) is 5.69 Å². The van der Waals surface area contributed by atoms with Gasteiger partial charge in [-0.15, -0.1) is 0 Å². The zero-order valence-corrected chi connectivity index (χ0v) is 19.6. The number of aliphatic hydroxyl groups is 1. The van der Waals surface area contributed by atoms with Crippen molar-refractivity contribution < 1.29 is 19.1 Å². The molecule has 1 atom stereocenters. The van der Waals surface area contributed by atoms with Crippen LogP contribution in [0.5, 0.6) is 5.75 Å². The summed E-state index contributed by atoms with van der Waals surface area (Å²) in [6.07, 6.45) is 1.79. The minimum Gasteiger partial charge on any atom is -0.491 e. The molecule has 0 bridgehead atoms. The minimum absolute atomic E-state index is 0.194. The average molecular weight is 465 g/mol. The van der Waals surface area contributed by atoms with Crippen molar-refractivity contribution in [2.45, 2.75) is 32.9 Å². The number of amides is 1. The Labute approximate surface area is 194 Å². The van der Waals surface area contributed by atoms with Crippen LogP contribution in [0.2, 0.25) is 5.02 Å². The van der Waals surface area contributed by atoms with Crippen LogP contribution in [0.15, 0.2) is 34.9 Å². The van der Waals surface area contributed by atoms with Crippen LogP contribution in [0.25, 0.3) is 0 Å². The highest BCUT2D eigenvalue weighted by Crippen LogP contribution is 2.16. The van der Waals surface area contributed by atoms with Gasteiger partial charge in [-0.2, -0.15) is 0 Å². The van der Waals surface area contributed by atoms with Gasteiger partial charge in [0.2, 0.25) is 5.89 Å². The third kappa shape index (κ3) is 8.09. The van der Waals surface area contributed by atoms with Crippen molar-refractivity contribution in [2.24, 2.45) is 5.92 Å². The van der Waals surface area contributed by atoms with E-state index in [9.17, 15) is 9.90 Å². The number of β-amino-alcohol motifs (C(OH)–C–C–N with tert-alkyl or cyclic N) is 1. The number of ether oxygens (including phenoxy) is 1. The molecule has 0 aliphatic carbocycles. The Balaban J connectivity index is 1.34. The maximum Gasteiger partial charge on any atom is 0.273 e. The second-order valence-electron chi connectivity index (χ2n) is 8.56. The number of carbonyl (C=O) groups excluding carboxylic acids is 1. The molecule has 2 heterocycles. The maximum atomic E-state index is 12.1. The van der Waals surface area contributed by atoms with Crippen molar-refractivity contribution in [2.75, 3.05) is 45.9 Å². The number of aromatic nitrogens is 1. The highest BCUT2D eigenvalue weighted by Gasteiger charge is 2.21. The Morgan fingerprint density at radius 3 is 2.59 bits per heavy atom. The third-order valence-electron chi connectivity index (χ3n) is 5.34. The first-order chi connectivity index (χ1) is 15.4. The first kappa shape index (κ1) is 24.5.